The molecular formula is C29H32N2O5. The SMILES string of the molecule is COc1cccc(-c2cc3c(n(CC4CC4)c2=O)CCN(C(=O)C(C)Oc2ccccc2)C3)c1OC. The number of hydrogen-bond acceptors (Lipinski definition) is 5. The molecule has 1 aliphatic heterocycles. The third-order valence-electron chi connectivity index (χ3n) is 7.02. The average molecular weight is 489 g/mol. The molecule has 1 aliphatic carbocycles. The van der Waals surface area contributed by atoms with E-state index in [1.807, 2.05) is 64.1 Å². The first-order valence-electron chi connectivity index (χ1n) is 12.5. The molecule has 7 nitrogen and oxygen atoms in total. The molecule has 1 aromatic heterocycles. The minimum Gasteiger partial charge on any atom is -0.493 e. The topological polar surface area (TPSA) is 70.0 Å². The summed E-state index contributed by atoms with van der Waals surface area (Å²) in [4.78, 5) is 28.9. The summed E-state index contributed by atoms with van der Waals surface area (Å²) in [5.41, 5.74) is 3.25. The smallest absolute Gasteiger partial charge is 0.263 e. The predicted octanol–water partition coefficient (Wildman–Crippen LogP) is 4.29. The van der Waals surface area contributed by atoms with Gasteiger partial charge < -0.3 is 23.7 Å². The summed E-state index contributed by atoms with van der Waals surface area (Å²) in [6.45, 7) is 3.48. The van der Waals surface area contributed by atoms with Gasteiger partial charge in [0.2, 0.25) is 0 Å². The Morgan fingerprint density at radius 3 is 2.50 bits per heavy atom. The average Bonchev–Trinajstić information content (AvgIpc) is 3.73. The van der Waals surface area contributed by atoms with Crippen LogP contribution in [0.25, 0.3) is 11.1 Å². The van der Waals surface area contributed by atoms with Gasteiger partial charge in [0.05, 0.1) is 19.8 Å². The van der Waals surface area contributed by atoms with E-state index >= 15 is 0 Å². The maximum Gasteiger partial charge on any atom is 0.263 e. The van der Waals surface area contributed by atoms with Gasteiger partial charge in [-0.2, -0.15) is 0 Å². The minimum absolute atomic E-state index is 0.0206. The third-order valence-corrected chi connectivity index (χ3v) is 7.02. The van der Waals surface area contributed by atoms with Gasteiger partial charge in [-0.15, -0.1) is 0 Å². The number of amides is 1. The molecule has 1 unspecified atom stereocenters. The first-order chi connectivity index (χ1) is 17.5. The fraction of sp³-hybridized carbons (Fsp3) is 0.379. The Balaban J connectivity index is 1.50. The van der Waals surface area contributed by atoms with Crippen LogP contribution >= 0.6 is 0 Å². The standard InChI is InChI=1S/C29H32N2O5/c1-19(36-22-8-5-4-6-9-22)28(32)30-15-14-25-21(18-30)16-24(29(33)31(25)17-20-12-13-20)23-10-7-11-26(34-2)27(23)35-3/h4-11,16,19-20H,12-15,17-18H2,1-3H3. The Morgan fingerprint density at radius 2 is 1.81 bits per heavy atom. The molecule has 1 saturated carbocycles. The van der Waals surface area contributed by atoms with E-state index in [4.69, 9.17) is 14.2 Å². The molecule has 7 heteroatoms. The molecule has 0 spiro atoms. The van der Waals surface area contributed by atoms with Gasteiger partial charge in [-0.3, -0.25) is 9.59 Å². The number of hydrogen-bond donors (Lipinski definition) is 0. The van der Waals surface area contributed by atoms with E-state index in [1.165, 1.54) is 0 Å². The molecule has 0 radical (unpaired) electrons. The maximum absolute atomic E-state index is 13.8. The highest BCUT2D eigenvalue weighted by molar-refractivity contribution is 5.81. The van der Waals surface area contributed by atoms with Crippen LogP contribution in [0.5, 0.6) is 17.2 Å². The Bertz CT molecular complexity index is 1310. The van der Waals surface area contributed by atoms with Gasteiger partial charge in [-0.05, 0) is 55.5 Å². The van der Waals surface area contributed by atoms with Gasteiger partial charge >= 0.3 is 0 Å². The second-order valence-electron chi connectivity index (χ2n) is 9.51. The highest BCUT2D eigenvalue weighted by atomic mass is 16.5. The number of fused-ring (bicyclic) bond motifs is 1. The van der Waals surface area contributed by atoms with Crippen LogP contribution in [-0.4, -0.2) is 42.2 Å². The number of carbonyl (C=O) groups is 1. The molecule has 5 rings (SSSR count). The maximum atomic E-state index is 13.8. The monoisotopic (exact) mass is 488 g/mol. The van der Waals surface area contributed by atoms with Crippen LogP contribution in [-0.2, 0) is 24.3 Å². The molecule has 2 heterocycles. The lowest BCUT2D eigenvalue weighted by atomic mass is 9.97. The van der Waals surface area contributed by atoms with E-state index in [-0.39, 0.29) is 11.5 Å². The molecule has 3 aromatic rings. The molecule has 188 valence electrons. The molecule has 2 aromatic carbocycles. The van der Waals surface area contributed by atoms with Crippen LogP contribution in [0.1, 0.15) is 31.0 Å². The lowest BCUT2D eigenvalue weighted by Gasteiger charge is -2.33. The lowest BCUT2D eigenvalue weighted by Crippen LogP contribution is -2.44. The van der Waals surface area contributed by atoms with Crippen LogP contribution in [0, 0.1) is 5.92 Å². The Hall–Kier alpha value is -3.74. The highest BCUT2D eigenvalue weighted by Crippen LogP contribution is 2.38. The summed E-state index contributed by atoms with van der Waals surface area (Å²) in [5, 5.41) is 0. The van der Waals surface area contributed by atoms with E-state index in [0.717, 1.165) is 24.1 Å². The van der Waals surface area contributed by atoms with Crippen LogP contribution in [0.2, 0.25) is 0 Å². The van der Waals surface area contributed by atoms with Gasteiger partial charge in [-0.25, -0.2) is 0 Å². The predicted molar refractivity (Wildman–Crippen MR) is 138 cm³/mol. The van der Waals surface area contributed by atoms with Crippen LogP contribution in [0.3, 0.4) is 0 Å². The largest absolute Gasteiger partial charge is 0.493 e. The van der Waals surface area contributed by atoms with Crippen LogP contribution < -0.4 is 19.8 Å². The number of nitrogens with zero attached hydrogens (tertiary/aromatic N) is 2. The van der Waals surface area contributed by atoms with Gasteiger partial charge in [0.15, 0.2) is 17.6 Å². The van der Waals surface area contributed by atoms with Crippen molar-refractivity contribution in [2.45, 2.75) is 45.4 Å². The van der Waals surface area contributed by atoms with Crippen molar-refractivity contribution in [2.24, 2.45) is 5.92 Å². The Kier molecular flexibility index (Phi) is 6.72. The van der Waals surface area contributed by atoms with Crippen molar-refractivity contribution in [2.75, 3.05) is 20.8 Å². The fourth-order valence-corrected chi connectivity index (χ4v) is 4.96. The van der Waals surface area contributed by atoms with Gasteiger partial charge in [-0.1, -0.05) is 30.3 Å². The summed E-state index contributed by atoms with van der Waals surface area (Å²) in [5.74, 6) is 2.24. The lowest BCUT2D eigenvalue weighted by molar-refractivity contribution is -0.138. The second kappa shape index (κ2) is 10.1. The van der Waals surface area contributed by atoms with E-state index in [9.17, 15) is 9.59 Å². The zero-order valence-corrected chi connectivity index (χ0v) is 21.0. The summed E-state index contributed by atoms with van der Waals surface area (Å²) in [7, 11) is 3.17. The number of pyridine rings is 1. The second-order valence-corrected chi connectivity index (χ2v) is 9.51. The van der Waals surface area contributed by atoms with Crippen LogP contribution in [0.4, 0.5) is 0 Å². The van der Waals surface area contributed by atoms with E-state index in [1.54, 1.807) is 21.1 Å². The molecule has 1 atom stereocenters. The third kappa shape index (κ3) is 4.70. The van der Waals surface area contributed by atoms with Crippen LogP contribution in [0.15, 0.2) is 59.4 Å². The normalized spacial score (nSPS) is 15.7. The Labute approximate surface area is 211 Å². The number of methoxy groups -OCH3 is 2. The van der Waals surface area contributed by atoms with Crippen molar-refractivity contribution in [1.82, 2.24) is 9.47 Å². The van der Waals surface area contributed by atoms with Crippen molar-refractivity contribution in [3.8, 4) is 28.4 Å². The molecular weight excluding hydrogens is 456 g/mol. The molecule has 0 bridgehead atoms. The number of carbonyl (C=O) groups excluding carboxylic acids is 1. The molecule has 0 N–H and O–H groups in total. The van der Waals surface area contributed by atoms with Gasteiger partial charge in [0.25, 0.3) is 11.5 Å². The number of rotatable bonds is 8. The van der Waals surface area contributed by atoms with E-state index in [0.29, 0.717) is 60.3 Å². The van der Waals surface area contributed by atoms with Crippen molar-refractivity contribution in [1.29, 1.82) is 0 Å². The van der Waals surface area contributed by atoms with Crippen molar-refractivity contribution in [3.63, 3.8) is 0 Å². The van der Waals surface area contributed by atoms with Crippen molar-refractivity contribution in [3.05, 3.63) is 76.2 Å². The Morgan fingerprint density at radius 1 is 1.03 bits per heavy atom. The quantitative estimate of drug-likeness (QED) is 0.473. The highest BCUT2D eigenvalue weighted by Gasteiger charge is 2.31. The van der Waals surface area contributed by atoms with Crippen molar-refractivity contribution >= 4 is 5.91 Å². The summed E-state index contributed by atoms with van der Waals surface area (Å²) in [6.07, 6.45) is 2.32. The molecule has 1 fully saturated rings. The number of para-hydroxylation sites is 2. The first-order valence-corrected chi connectivity index (χ1v) is 12.5. The summed E-state index contributed by atoms with van der Waals surface area (Å²) < 4.78 is 19.0. The molecule has 36 heavy (non-hydrogen) atoms. The van der Waals surface area contributed by atoms with E-state index < -0.39 is 6.10 Å². The zero-order valence-electron chi connectivity index (χ0n) is 21.0. The van der Waals surface area contributed by atoms with Gasteiger partial charge in [0.1, 0.15) is 5.75 Å². The first kappa shape index (κ1) is 24.0. The summed E-state index contributed by atoms with van der Waals surface area (Å²) >= 11 is 0. The summed E-state index contributed by atoms with van der Waals surface area (Å²) in [6, 6.07) is 16.9. The molecule has 0 saturated heterocycles. The van der Waals surface area contributed by atoms with E-state index in [2.05, 4.69) is 0 Å². The molecule has 1 amide bonds. The van der Waals surface area contributed by atoms with Crippen molar-refractivity contribution < 1.29 is 19.0 Å². The fourth-order valence-electron chi connectivity index (χ4n) is 4.96. The number of ether oxygens (including phenoxy) is 3. The van der Waals surface area contributed by atoms with Gasteiger partial charge in [0, 0.05) is 37.3 Å². The zero-order chi connectivity index (χ0) is 25.2. The number of benzene rings is 2. The number of aromatic nitrogens is 1. The molecule has 2 aliphatic rings. The minimum atomic E-state index is -0.607.